The fraction of sp³-hybridized carbons (Fsp3) is 0.654. The molecule has 2 fully saturated rings. The summed E-state index contributed by atoms with van der Waals surface area (Å²) in [5.41, 5.74) is -0.891. The summed E-state index contributed by atoms with van der Waals surface area (Å²) >= 11 is 0. The van der Waals surface area contributed by atoms with Crippen molar-refractivity contribution < 1.29 is 47.5 Å². The lowest BCUT2D eigenvalue weighted by Crippen LogP contribution is -2.59. The summed E-state index contributed by atoms with van der Waals surface area (Å²) in [6.45, 7) is 23.9. The molecule has 4 rings (SSSR count). The number of piperidine rings is 1. The Balaban J connectivity index is 1.55. The monoisotopic (exact) mass is 961 g/mol. The highest BCUT2D eigenvalue weighted by Gasteiger charge is 2.54. The molecule has 2 aliphatic heterocycles. The van der Waals surface area contributed by atoms with Crippen molar-refractivity contribution in [3.8, 4) is 0 Å². The number of carbonyl (C=O) groups is 6. The standard InChI is InChI=1S/C52H81BN6O10/c1-35(2)26-27-39(55-44(61)41(33-36-21-15-13-16-22-36)57-45(62)42(34-37-23-17-14-18-24-37)58-48(65)67-50(6,7)8)43(60)56-40(25-19-20-30-54-47(64)66-49(3,4)5)46(63)59-31-28-38(29-32-59)53-68-51(9,10)52(11,12)69-53/h13-18,21-24,35,38-42H,19-20,25-34H2,1-12H3,(H,54,64)(H,55,61)(H,56,60)(H,57,62)(H,58,65)/t39-,40-,41-,42-/m1/s1. The number of hydrogen-bond acceptors (Lipinski definition) is 10. The molecule has 0 unspecified atom stereocenters. The number of nitrogens with one attached hydrogen (secondary N) is 5. The van der Waals surface area contributed by atoms with Crippen molar-refractivity contribution in [2.45, 2.75) is 193 Å². The van der Waals surface area contributed by atoms with E-state index in [0.717, 1.165) is 11.1 Å². The molecule has 2 aromatic rings. The zero-order chi connectivity index (χ0) is 51.2. The number of benzene rings is 2. The third-order valence-corrected chi connectivity index (χ3v) is 12.6. The van der Waals surface area contributed by atoms with Gasteiger partial charge >= 0.3 is 19.3 Å². The molecule has 2 heterocycles. The Kier molecular flexibility index (Phi) is 20.5. The van der Waals surface area contributed by atoms with Crippen LogP contribution in [0.5, 0.6) is 0 Å². The number of likely N-dealkylation sites (tertiary alicyclic amines) is 1. The van der Waals surface area contributed by atoms with Gasteiger partial charge in [0.1, 0.15) is 35.4 Å². The van der Waals surface area contributed by atoms with Crippen LogP contribution in [-0.4, -0.2) is 114 Å². The first-order valence-corrected chi connectivity index (χ1v) is 24.8. The molecule has 69 heavy (non-hydrogen) atoms. The smallest absolute Gasteiger partial charge is 0.444 e. The quantitative estimate of drug-likeness (QED) is 0.0639. The largest absolute Gasteiger partial charge is 0.461 e. The third kappa shape index (κ3) is 18.9. The SMILES string of the molecule is CC(C)CC[C@@H](NC(=O)[C@@H](Cc1ccccc1)NC(=O)[C@@H](Cc1ccccc1)NC(=O)OC(C)(C)C)C(=O)N[C@H](CCCCNC(=O)OC(C)(C)C)C(=O)N1CCC(B2OC(C)(C)C(C)(C)O2)CC1. The van der Waals surface area contributed by atoms with Crippen LogP contribution in [0.4, 0.5) is 9.59 Å². The summed E-state index contributed by atoms with van der Waals surface area (Å²) in [7, 11) is -0.392. The Hall–Kier alpha value is -5.16. The molecule has 0 aliphatic carbocycles. The summed E-state index contributed by atoms with van der Waals surface area (Å²) in [4.78, 5) is 85.0. The maximum atomic E-state index is 14.5. The van der Waals surface area contributed by atoms with Crippen LogP contribution >= 0.6 is 0 Å². The second-order valence-electron chi connectivity index (χ2n) is 21.9. The van der Waals surface area contributed by atoms with Crippen LogP contribution in [0, 0.1) is 5.92 Å². The van der Waals surface area contributed by atoms with Crippen molar-refractivity contribution in [2.75, 3.05) is 19.6 Å². The van der Waals surface area contributed by atoms with Gasteiger partial charge in [-0.15, -0.1) is 0 Å². The first-order chi connectivity index (χ1) is 32.2. The molecule has 6 amide bonds. The number of hydrogen-bond donors (Lipinski definition) is 5. The molecule has 2 aliphatic rings. The molecule has 5 N–H and O–H groups in total. The Morgan fingerprint density at radius 1 is 0.623 bits per heavy atom. The van der Waals surface area contributed by atoms with Crippen molar-refractivity contribution in [1.82, 2.24) is 31.5 Å². The normalized spacial score (nSPS) is 17.8. The van der Waals surface area contributed by atoms with Crippen LogP contribution in [-0.2, 0) is 50.8 Å². The van der Waals surface area contributed by atoms with Crippen molar-refractivity contribution >= 4 is 42.9 Å². The zero-order valence-electron chi connectivity index (χ0n) is 43.3. The van der Waals surface area contributed by atoms with Gasteiger partial charge in [0, 0.05) is 32.5 Å². The maximum Gasteiger partial charge on any atom is 0.461 e. The highest BCUT2D eigenvalue weighted by Crippen LogP contribution is 2.42. The molecule has 382 valence electrons. The second kappa shape index (κ2) is 25.1. The van der Waals surface area contributed by atoms with Crippen molar-refractivity contribution in [2.24, 2.45) is 5.92 Å². The summed E-state index contributed by atoms with van der Waals surface area (Å²) < 4.78 is 23.6. The van der Waals surface area contributed by atoms with Crippen LogP contribution in [0.2, 0.25) is 5.82 Å². The van der Waals surface area contributed by atoms with E-state index in [4.69, 9.17) is 18.8 Å². The van der Waals surface area contributed by atoms with E-state index < -0.39 is 83.6 Å². The van der Waals surface area contributed by atoms with Crippen molar-refractivity contribution in [3.63, 3.8) is 0 Å². The highest BCUT2D eigenvalue weighted by atomic mass is 16.7. The number of ether oxygens (including phenoxy) is 2. The van der Waals surface area contributed by atoms with Crippen molar-refractivity contribution in [1.29, 1.82) is 0 Å². The molecule has 16 nitrogen and oxygen atoms in total. The molecule has 17 heteroatoms. The van der Waals surface area contributed by atoms with Crippen LogP contribution in [0.3, 0.4) is 0 Å². The van der Waals surface area contributed by atoms with Gasteiger partial charge in [-0.2, -0.15) is 0 Å². The minimum absolute atomic E-state index is 0.0851. The second-order valence-corrected chi connectivity index (χ2v) is 21.9. The van der Waals surface area contributed by atoms with E-state index in [9.17, 15) is 28.8 Å². The van der Waals surface area contributed by atoms with E-state index in [1.165, 1.54) is 0 Å². The average Bonchev–Trinajstić information content (AvgIpc) is 3.48. The molecule has 0 saturated carbocycles. The molecule has 0 spiro atoms. The number of amides is 6. The van der Waals surface area contributed by atoms with Crippen LogP contribution in [0.25, 0.3) is 0 Å². The fourth-order valence-corrected chi connectivity index (χ4v) is 8.08. The van der Waals surface area contributed by atoms with Gasteiger partial charge in [-0.1, -0.05) is 74.5 Å². The van der Waals surface area contributed by atoms with Gasteiger partial charge in [0.05, 0.1) is 11.2 Å². The van der Waals surface area contributed by atoms with E-state index >= 15 is 0 Å². The molecule has 4 atom stereocenters. The number of unbranched alkanes of at least 4 members (excludes halogenated alkanes) is 1. The first kappa shape index (κ1) is 56.4. The van der Waals surface area contributed by atoms with Gasteiger partial charge in [-0.3, -0.25) is 19.2 Å². The average molecular weight is 961 g/mol. The van der Waals surface area contributed by atoms with Gasteiger partial charge < -0.3 is 50.3 Å². The molecule has 0 radical (unpaired) electrons. The maximum absolute atomic E-state index is 14.5. The Morgan fingerprint density at radius 2 is 1.07 bits per heavy atom. The summed E-state index contributed by atoms with van der Waals surface area (Å²) in [6.07, 6.45) is 2.33. The molecular formula is C52H81BN6O10. The van der Waals surface area contributed by atoms with E-state index in [1.54, 1.807) is 46.4 Å². The molecule has 0 bridgehead atoms. The topological polar surface area (TPSA) is 203 Å². The number of carbonyl (C=O) groups excluding carboxylic acids is 6. The lowest BCUT2D eigenvalue weighted by atomic mass is 9.66. The fourth-order valence-electron chi connectivity index (χ4n) is 8.08. The summed E-state index contributed by atoms with van der Waals surface area (Å²) in [6, 6.07) is 14.1. The summed E-state index contributed by atoms with van der Waals surface area (Å²) in [5, 5.41) is 14.3. The van der Waals surface area contributed by atoms with Gasteiger partial charge in [0.25, 0.3) is 0 Å². The number of rotatable bonds is 21. The predicted octanol–water partition coefficient (Wildman–Crippen LogP) is 7.04. The number of alkyl carbamates (subject to hydrolysis) is 2. The molecule has 2 saturated heterocycles. The van der Waals surface area contributed by atoms with Crippen LogP contribution in [0.15, 0.2) is 60.7 Å². The lowest BCUT2D eigenvalue weighted by molar-refractivity contribution is -0.138. The third-order valence-electron chi connectivity index (χ3n) is 12.6. The van der Waals surface area contributed by atoms with E-state index in [2.05, 4.69) is 26.6 Å². The van der Waals surface area contributed by atoms with Crippen LogP contribution < -0.4 is 26.6 Å². The number of nitrogens with zero attached hydrogens (tertiary/aromatic N) is 1. The van der Waals surface area contributed by atoms with E-state index in [1.807, 2.05) is 102 Å². The Bertz CT molecular complexity index is 1980. The molecule has 0 aromatic heterocycles. The van der Waals surface area contributed by atoms with E-state index in [0.29, 0.717) is 51.7 Å². The molecular weight excluding hydrogens is 879 g/mol. The summed E-state index contributed by atoms with van der Waals surface area (Å²) in [5.74, 6) is -1.72. The zero-order valence-corrected chi connectivity index (χ0v) is 43.3. The van der Waals surface area contributed by atoms with E-state index in [-0.39, 0.29) is 43.3 Å². The minimum atomic E-state index is -1.16. The highest BCUT2D eigenvalue weighted by molar-refractivity contribution is 6.47. The predicted molar refractivity (Wildman–Crippen MR) is 267 cm³/mol. The van der Waals surface area contributed by atoms with Crippen molar-refractivity contribution in [3.05, 3.63) is 71.8 Å². The Labute approximate surface area is 411 Å². The minimum Gasteiger partial charge on any atom is -0.444 e. The Morgan fingerprint density at radius 3 is 1.57 bits per heavy atom. The van der Waals surface area contributed by atoms with Gasteiger partial charge in [-0.25, -0.2) is 9.59 Å². The van der Waals surface area contributed by atoms with Gasteiger partial charge in [0.2, 0.25) is 23.6 Å². The van der Waals surface area contributed by atoms with Gasteiger partial charge in [-0.05, 0) is 137 Å². The lowest BCUT2D eigenvalue weighted by Gasteiger charge is -2.35. The van der Waals surface area contributed by atoms with Gasteiger partial charge in [0.15, 0.2) is 0 Å². The first-order valence-electron chi connectivity index (χ1n) is 24.8. The molecule has 2 aromatic carbocycles. The van der Waals surface area contributed by atoms with Crippen LogP contribution in [0.1, 0.15) is 139 Å².